The molecule has 7 nitrogen and oxygen atoms in total. The summed E-state index contributed by atoms with van der Waals surface area (Å²) in [7, 11) is -1.61. The molecule has 24 heavy (non-hydrogen) atoms. The van der Waals surface area contributed by atoms with Gasteiger partial charge in [0.1, 0.15) is 10.5 Å². The number of pyridine rings is 1. The van der Waals surface area contributed by atoms with Crippen molar-refractivity contribution in [3.63, 3.8) is 0 Å². The van der Waals surface area contributed by atoms with Gasteiger partial charge in [-0.25, -0.2) is 13.4 Å². The standard InChI is InChI=1S/C15H21ClN4O3S/c1-9(15(2,3)6-7-24(5,22)23)17-10-8-11(16)18-13-12(10)14(21)20(4)19-13/h6-9H,1-5H3,(H2,17,18,19)/b7-6+/t9-/m1/s1. The maximum absolute atomic E-state index is 12.3. The molecule has 2 aromatic heterocycles. The second kappa shape index (κ2) is 6.25. The fourth-order valence-corrected chi connectivity index (χ4v) is 2.96. The topological polar surface area (TPSA) is 96.8 Å². The van der Waals surface area contributed by atoms with Crippen LogP contribution in [0.3, 0.4) is 0 Å². The lowest BCUT2D eigenvalue weighted by atomic mass is 9.85. The molecule has 2 rings (SSSR count). The van der Waals surface area contributed by atoms with Gasteiger partial charge in [0.15, 0.2) is 15.5 Å². The summed E-state index contributed by atoms with van der Waals surface area (Å²) in [5.41, 5.74) is 0.259. The van der Waals surface area contributed by atoms with Crippen molar-refractivity contribution in [2.75, 3.05) is 11.6 Å². The summed E-state index contributed by atoms with van der Waals surface area (Å²) >= 11 is 6.03. The molecule has 0 amide bonds. The number of rotatable bonds is 5. The van der Waals surface area contributed by atoms with E-state index < -0.39 is 15.3 Å². The van der Waals surface area contributed by atoms with Crippen LogP contribution >= 0.6 is 11.6 Å². The van der Waals surface area contributed by atoms with E-state index in [0.717, 1.165) is 6.26 Å². The van der Waals surface area contributed by atoms with E-state index in [9.17, 15) is 13.2 Å². The SMILES string of the molecule is C[C@@H](Nc1cc(Cl)nc2[nH]n(C)c(=O)c12)C(C)(C)/C=C/S(C)(=O)=O. The summed E-state index contributed by atoms with van der Waals surface area (Å²) in [6, 6.07) is 1.42. The molecule has 132 valence electrons. The van der Waals surface area contributed by atoms with Gasteiger partial charge in [-0.3, -0.25) is 14.6 Å². The number of fused-ring (bicyclic) bond motifs is 1. The lowest BCUT2D eigenvalue weighted by molar-refractivity contribution is 0.417. The van der Waals surface area contributed by atoms with Crippen molar-refractivity contribution in [3.05, 3.63) is 33.1 Å². The smallest absolute Gasteiger partial charge is 0.277 e. The first-order valence-corrected chi connectivity index (χ1v) is 9.65. The largest absolute Gasteiger partial charge is 0.381 e. The van der Waals surface area contributed by atoms with Crippen molar-refractivity contribution in [1.29, 1.82) is 0 Å². The Kier molecular flexibility index (Phi) is 4.83. The average molecular weight is 373 g/mol. The molecular formula is C15H21ClN4O3S. The number of nitrogens with zero attached hydrogens (tertiary/aromatic N) is 2. The minimum absolute atomic E-state index is 0.170. The number of anilines is 1. The zero-order valence-electron chi connectivity index (χ0n) is 14.2. The summed E-state index contributed by atoms with van der Waals surface area (Å²) < 4.78 is 24.0. The predicted molar refractivity (Wildman–Crippen MR) is 97.2 cm³/mol. The maximum atomic E-state index is 12.3. The first-order valence-electron chi connectivity index (χ1n) is 7.32. The van der Waals surface area contributed by atoms with E-state index in [2.05, 4.69) is 15.4 Å². The van der Waals surface area contributed by atoms with Gasteiger partial charge in [0.05, 0.1) is 5.69 Å². The molecule has 0 saturated heterocycles. The fraction of sp³-hybridized carbons (Fsp3) is 0.467. The molecule has 0 aliphatic carbocycles. The lowest BCUT2D eigenvalue weighted by Gasteiger charge is -2.30. The molecule has 0 fully saturated rings. The van der Waals surface area contributed by atoms with Crippen LogP contribution in [0.15, 0.2) is 22.3 Å². The molecule has 0 saturated carbocycles. The number of aryl methyl sites for hydroxylation is 1. The third kappa shape index (κ3) is 3.99. The third-order valence-electron chi connectivity index (χ3n) is 4.01. The number of halogens is 1. The van der Waals surface area contributed by atoms with Crippen molar-refractivity contribution in [1.82, 2.24) is 14.8 Å². The summed E-state index contributed by atoms with van der Waals surface area (Å²) in [6.45, 7) is 5.72. The molecule has 0 unspecified atom stereocenters. The van der Waals surface area contributed by atoms with E-state index in [-0.39, 0.29) is 16.8 Å². The molecule has 2 aromatic rings. The van der Waals surface area contributed by atoms with E-state index in [1.165, 1.54) is 10.1 Å². The van der Waals surface area contributed by atoms with Gasteiger partial charge < -0.3 is 5.32 Å². The van der Waals surface area contributed by atoms with Crippen molar-refractivity contribution in [3.8, 4) is 0 Å². The minimum atomic E-state index is -3.21. The fourth-order valence-electron chi connectivity index (χ4n) is 2.16. The Hall–Kier alpha value is -1.80. The minimum Gasteiger partial charge on any atom is -0.381 e. The van der Waals surface area contributed by atoms with Crippen LogP contribution < -0.4 is 10.9 Å². The molecule has 0 radical (unpaired) electrons. The van der Waals surface area contributed by atoms with Crippen LogP contribution in [-0.4, -0.2) is 35.5 Å². The molecule has 0 bridgehead atoms. The summed E-state index contributed by atoms with van der Waals surface area (Å²) in [6.07, 6.45) is 2.78. The van der Waals surface area contributed by atoms with Gasteiger partial charge in [0.25, 0.3) is 5.56 Å². The van der Waals surface area contributed by atoms with E-state index >= 15 is 0 Å². The van der Waals surface area contributed by atoms with Crippen LogP contribution in [0.1, 0.15) is 20.8 Å². The number of nitrogens with one attached hydrogen (secondary N) is 2. The number of hydrogen-bond acceptors (Lipinski definition) is 5. The van der Waals surface area contributed by atoms with Crippen LogP contribution in [0, 0.1) is 5.41 Å². The van der Waals surface area contributed by atoms with Gasteiger partial charge in [-0.1, -0.05) is 31.5 Å². The van der Waals surface area contributed by atoms with E-state index in [0.29, 0.717) is 16.7 Å². The molecule has 9 heteroatoms. The Morgan fingerprint density at radius 2 is 2.08 bits per heavy atom. The van der Waals surface area contributed by atoms with E-state index in [1.54, 1.807) is 19.2 Å². The van der Waals surface area contributed by atoms with Crippen molar-refractivity contribution >= 4 is 38.2 Å². The molecule has 0 aliphatic heterocycles. The van der Waals surface area contributed by atoms with Gasteiger partial charge in [-0.05, 0) is 13.0 Å². The van der Waals surface area contributed by atoms with Crippen molar-refractivity contribution in [2.24, 2.45) is 12.5 Å². The lowest BCUT2D eigenvalue weighted by Crippen LogP contribution is -2.32. The van der Waals surface area contributed by atoms with Gasteiger partial charge in [-0.2, -0.15) is 0 Å². The Balaban J connectivity index is 2.42. The van der Waals surface area contributed by atoms with Crippen molar-refractivity contribution < 1.29 is 8.42 Å². The predicted octanol–water partition coefficient (Wildman–Crippen LogP) is 2.30. The van der Waals surface area contributed by atoms with Crippen LogP contribution in [-0.2, 0) is 16.9 Å². The third-order valence-corrected chi connectivity index (χ3v) is 4.84. The molecule has 0 aliphatic rings. The van der Waals surface area contributed by atoms with Crippen LogP contribution in [0.25, 0.3) is 11.0 Å². The maximum Gasteiger partial charge on any atom is 0.277 e. The quantitative estimate of drug-likeness (QED) is 0.785. The zero-order chi connectivity index (χ0) is 18.3. The normalized spacial score (nSPS) is 14.4. The second-order valence-corrected chi connectivity index (χ2v) is 8.83. The molecular weight excluding hydrogens is 352 g/mol. The molecule has 2 heterocycles. The monoisotopic (exact) mass is 372 g/mol. The molecule has 1 atom stereocenters. The summed E-state index contributed by atoms with van der Waals surface area (Å²) in [4.78, 5) is 16.4. The number of aromatic amines is 1. The second-order valence-electron chi connectivity index (χ2n) is 6.51. The van der Waals surface area contributed by atoms with Crippen LogP contribution in [0.5, 0.6) is 0 Å². The Bertz CT molecular complexity index is 957. The van der Waals surface area contributed by atoms with E-state index in [1.807, 2.05) is 20.8 Å². The summed E-state index contributed by atoms with van der Waals surface area (Å²) in [5, 5.41) is 7.95. The highest BCUT2D eigenvalue weighted by Gasteiger charge is 2.25. The number of aromatic nitrogens is 3. The highest BCUT2D eigenvalue weighted by atomic mass is 35.5. The number of H-pyrrole nitrogens is 1. The zero-order valence-corrected chi connectivity index (χ0v) is 15.8. The molecule has 0 spiro atoms. The highest BCUT2D eigenvalue weighted by molar-refractivity contribution is 7.93. The molecule has 2 N–H and O–H groups in total. The highest BCUT2D eigenvalue weighted by Crippen LogP contribution is 2.29. The van der Waals surface area contributed by atoms with Crippen LogP contribution in [0.4, 0.5) is 5.69 Å². The number of hydrogen-bond donors (Lipinski definition) is 2. The Morgan fingerprint density at radius 1 is 1.46 bits per heavy atom. The molecule has 0 aromatic carbocycles. The van der Waals surface area contributed by atoms with Gasteiger partial charge >= 0.3 is 0 Å². The van der Waals surface area contributed by atoms with Gasteiger partial charge in [0.2, 0.25) is 0 Å². The first kappa shape index (κ1) is 18.5. The van der Waals surface area contributed by atoms with Crippen LogP contribution in [0.2, 0.25) is 5.15 Å². The van der Waals surface area contributed by atoms with Gasteiger partial charge in [-0.15, -0.1) is 0 Å². The number of sulfone groups is 1. The average Bonchev–Trinajstić information content (AvgIpc) is 2.71. The summed E-state index contributed by atoms with van der Waals surface area (Å²) in [5.74, 6) is 0. The van der Waals surface area contributed by atoms with E-state index in [4.69, 9.17) is 11.6 Å². The Morgan fingerprint density at radius 3 is 2.67 bits per heavy atom. The van der Waals surface area contributed by atoms with Gasteiger partial charge in [0, 0.05) is 30.2 Å². The first-order chi connectivity index (χ1) is 10.9. The van der Waals surface area contributed by atoms with Crippen molar-refractivity contribution in [2.45, 2.75) is 26.8 Å². The Labute approximate surface area is 145 Å².